The van der Waals surface area contributed by atoms with Gasteiger partial charge >= 0.3 is 0 Å². The number of benzene rings is 3. The van der Waals surface area contributed by atoms with Crippen LogP contribution in [0.4, 0.5) is 0 Å². The number of hydrogen-bond donors (Lipinski definition) is 1. The summed E-state index contributed by atoms with van der Waals surface area (Å²) < 4.78 is 14.7. The molecule has 1 N–H and O–H groups in total. The van der Waals surface area contributed by atoms with Crippen LogP contribution in [0.15, 0.2) is 76.4 Å². The number of hydrogen-bond acceptors (Lipinski definition) is 7. The Kier molecular flexibility index (Phi) is 11.7. The zero-order chi connectivity index (χ0) is 25.2. The highest BCUT2D eigenvalue weighted by Crippen LogP contribution is 2.37. The highest BCUT2D eigenvalue weighted by molar-refractivity contribution is 9.10. The van der Waals surface area contributed by atoms with Crippen molar-refractivity contribution < 1.29 is 9.47 Å². The lowest BCUT2D eigenvalue weighted by Crippen LogP contribution is -2.15. The molecule has 4 aromatic rings. The number of rotatable bonds is 13. The summed E-state index contributed by atoms with van der Waals surface area (Å²) in [6.07, 6.45) is 0.990. The number of aryl methyl sites for hydroxylation is 1. The number of nitrogens with zero attached hydrogens (tertiary/aromatic N) is 4. The van der Waals surface area contributed by atoms with Gasteiger partial charge < -0.3 is 14.8 Å². The van der Waals surface area contributed by atoms with E-state index in [1.165, 1.54) is 5.56 Å². The van der Waals surface area contributed by atoms with Crippen LogP contribution in [-0.4, -0.2) is 39.1 Å². The van der Waals surface area contributed by atoms with Gasteiger partial charge in [-0.15, -0.1) is 17.5 Å². The Morgan fingerprint density at radius 3 is 2.54 bits per heavy atom. The van der Waals surface area contributed by atoms with Gasteiger partial charge in [-0.25, -0.2) is 0 Å². The molecule has 37 heavy (non-hydrogen) atoms. The SMILES string of the molecule is CCOc1cc(CNCCCSc2nnnn2-c2ccccc2)cc(Br)c1OCc1ccc(C)cc1.Cl. The number of ether oxygens (including phenoxy) is 2. The molecule has 0 radical (unpaired) electrons. The molecule has 196 valence electrons. The fraction of sp³-hybridized carbons (Fsp3) is 0.296. The van der Waals surface area contributed by atoms with Crippen molar-refractivity contribution in [3.63, 3.8) is 0 Å². The van der Waals surface area contributed by atoms with Crippen LogP contribution < -0.4 is 14.8 Å². The van der Waals surface area contributed by atoms with E-state index in [0.29, 0.717) is 13.2 Å². The fourth-order valence-electron chi connectivity index (χ4n) is 3.56. The maximum absolute atomic E-state index is 6.12. The summed E-state index contributed by atoms with van der Waals surface area (Å²) >= 11 is 5.33. The van der Waals surface area contributed by atoms with Gasteiger partial charge in [0, 0.05) is 12.3 Å². The molecule has 0 aliphatic heterocycles. The first kappa shape index (κ1) is 29.0. The molecule has 7 nitrogen and oxygen atoms in total. The second-order valence-corrected chi connectivity index (χ2v) is 10.1. The molecule has 3 aromatic carbocycles. The predicted molar refractivity (Wildman–Crippen MR) is 154 cm³/mol. The highest BCUT2D eigenvalue weighted by Gasteiger charge is 2.13. The first-order chi connectivity index (χ1) is 17.6. The van der Waals surface area contributed by atoms with Gasteiger partial charge in [-0.2, -0.15) is 4.68 Å². The second kappa shape index (κ2) is 15.0. The molecule has 0 aliphatic rings. The number of thioether (sulfide) groups is 1. The predicted octanol–water partition coefficient (Wildman–Crippen LogP) is 6.40. The molecular formula is C27H31BrClN5O2S. The quantitative estimate of drug-likeness (QED) is 0.140. The average Bonchev–Trinajstić information content (AvgIpc) is 3.36. The van der Waals surface area contributed by atoms with Crippen molar-refractivity contribution in [1.82, 2.24) is 25.5 Å². The molecular weight excluding hydrogens is 574 g/mol. The molecule has 1 heterocycles. The van der Waals surface area contributed by atoms with E-state index in [1.54, 1.807) is 16.4 Å². The van der Waals surface area contributed by atoms with E-state index >= 15 is 0 Å². The van der Waals surface area contributed by atoms with Gasteiger partial charge in [0.05, 0.1) is 16.8 Å². The topological polar surface area (TPSA) is 74.1 Å². The standard InChI is InChI=1S/C27H30BrN5O2S.ClH/c1-3-34-25-17-22(16-24(28)26(25)35-19-21-12-10-20(2)11-13-21)18-29-14-7-15-36-27-30-31-32-33(27)23-8-5-4-6-9-23;/h4-6,8-13,16-17,29H,3,7,14-15,18-19H2,1-2H3;1H. The van der Waals surface area contributed by atoms with Crippen LogP contribution in [0.5, 0.6) is 11.5 Å². The Labute approximate surface area is 236 Å². The summed E-state index contributed by atoms with van der Waals surface area (Å²) in [5.74, 6) is 2.40. The zero-order valence-corrected chi connectivity index (χ0v) is 24.1. The Balaban J connectivity index is 0.00000380. The molecule has 1 aromatic heterocycles. The lowest BCUT2D eigenvalue weighted by Gasteiger charge is -2.16. The van der Waals surface area contributed by atoms with Gasteiger partial charge in [-0.05, 0) is 88.6 Å². The molecule has 0 spiro atoms. The second-order valence-electron chi connectivity index (χ2n) is 8.20. The lowest BCUT2D eigenvalue weighted by atomic mass is 10.1. The lowest BCUT2D eigenvalue weighted by molar-refractivity contribution is 0.267. The Hall–Kier alpha value is -2.59. The fourth-order valence-corrected chi connectivity index (χ4v) is 4.99. The average molecular weight is 605 g/mol. The molecule has 0 saturated carbocycles. The monoisotopic (exact) mass is 603 g/mol. The molecule has 4 rings (SSSR count). The normalized spacial score (nSPS) is 10.7. The number of nitrogens with one attached hydrogen (secondary N) is 1. The van der Waals surface area contributed by atoms with Crippen molar-refractivity contribution in [1.29, 1.82) is 0 Å². The van der Waals surface area contributed by atoms with E-state index in [1.807, 2.05) is 37.3 Å². The third kappa shape index (κ3) is 8.46. The smallest absolute Gasteiger partial charge is 0.214 e. The number of tetrazole rings is 1. The Morgan fingerprint density at radius 1 is 1.00 bits per heavy atom. The molecule has 0 amide bonds. The van der Waals surface area contributed by atoms with E-state index < -0.39 is 0 Å². The van der Waals surface area contributed by atoms with Crippen molar-refractivity contribution in [3.05, 3.63) is 87.9 Å². The van der Waals surface area contributed by atoms with E-state index in [2.05, 4.69) is 80.1 Å². The summed E-state index contributed by atoms with van der Waals surface area (Å²) in [6, 6.07) is 22.4. The summed E-state index contributed by atoms with van der Waals surface area (Å²) in [5.41, 5.74) is 4.45. The zero-order valence-electron chi connectivity index (χ0n) is 20.9. The van der Waals surface area contributed by atoms with Crippen molar-refractivity contribution in [2.45, 2.75) is 38.6 Å². The van der Waals surface area contributed by atoms with Gasteiger partial charge in [0.15, 0.2) is 11.5 Å². The maximum Gasteiger partial charge on any atom is 0.214 e. The van der Waals surface area contributed by atoms with Crippen LogP contribution in [-0.2, 0) is 13.2 Å². The number of aromatic nitrogens is 4. The van der Waals surface area contributed by atoms with Crippen molar-refractivity contribution >= 4 is 40.1 Å². The summed E-state index contributed by atoms with van der Waals surface area (Å²) in [4.78, 5) is 0. The molecule has 10 heteroatoms. The van der Waals surface area contributed by atoms with Gasteiger partial charge in [-0.1, -0.05) is 59.8 Å². The van der Waals surface area contributed by atoms with Crippen molar-refractivity contribution in [2.24, 2.45) is 0 Å². The van der Waals surface area contributed by atoms with Gasteiger partial charge in [0.25, 0.3) is 0 Å². The van der Waals surface area contributed by atoms with E-state index in [0.717, 1.165) is 63.2 Å². The van der Waals surface area contributed by atoms with Crippen LogP contribution in [0.25, 0.3) is 5.69 Å². The molecule has 0 fully saturated rings. The molecule has 0 bridgehead atoms. The molecule has 0 aliphatic carbocycles. The Bertz CT molecular complexity index is 1240. The minimum Gasteiger partial charge on any atom is -0.490 e. The van der Waals surface area contributed by atoms with Crippen LogP contribution >= 0.6 is 40.1 Å². The maximum atomic E-state index is 6.12. The van der Waals surface area contributed by atoms with Crippen LogP contribution in [0.3, 0.4) is 0 Å². The third-order valence-electron chi connectivity index (χ3n) is 5.37. The minimum atomic E-state index is 0. The summed E-state index contributed by atoms with van der Waals surface area (Å²) in [5, 5.41) is 16.4. The highest BCUT2D eigenvalue weighted by atomic mass is 79.9. The largest absolute Gasteiger partial charge is 0.490 e. The first-order valence-corrected chi connectivity index (χ1v) is 13.7. The summed E-state index contributed by atoms with van der Waals surface area (Å²) in [6.45, 7) is 6.74. The van der Waals surface area contributed by atoms with Gasteiger partial charge in [0.1, 0.15) is 6.61 Å². The van der Waals surface area contributed by atoms with Gasteiger partial charge in [-0.3, -0.25) is 0 Å². The third-order valence-corrected chi connectivity index (χ3v) is 6.97. The van der Waals surface area contributed by atoms with Gasteiger partial charge in [0.2, 0.25) is 5.16 Å². The number of halogens is 2. The van der Waals surface area contributed by atoms with E-state index in [4.69, 9.17) is 9.47 Å². The van der Waals surface area contributed by atoms with E-state index in [-0.39, 0.29) is 12.4 Å². The summed E-state index contributed by atoms with van der Waals surface area (Å²) in [7, 11) is 0. The van der Waals surface area contributed by atoms with Crippen molar-refractivity contribution in [3.8, 4) is 17.2 Å². The van der Waals surface area contributed by atoms with Crippen LogP contribution in [0.1, 0.15) is 30.0 Å². The molecule has 0 unspecified atom stereocenters. The first-order valence-electron chi connectivity index (χ1n) is 11.9. The number of para-hydroxylation sites is 1. The Morgan fingerprint density at radius 2 is 1.78 bits per heavy atom. The minimum absolute atomic E-state index is 0. The van der Waals surface area contributed by atoms with Crippen LogP contribution in [0, 0.1) is 6.92 Å². The van der Waals surface area contributed by atoms with Crippen molar-refractivity contribution in [2.75, 3.05) is 18.9 Å². The molecule has 0 atom stereocenters. The van der Waals surface area contributed by atoms with E-state index in [9.17, 15) is 0 Å². The van der Waals surface area contributed by atoms with Crippen LogP contribution in [0.2, 0.25) is 0 Å². The molecule has 0 saturated heterocycles.